The molecule has 0 aliphatic rings. The molecule has 0 saturated carbocycles. The van der Waals surface area contributed by atoms with Crippen LogP contribution in [-0.2, 0) is 4.79 Å². The molecule has 3 heteroatoms. The van der Waals surface area contributed by atoms with Gasteiger partial charge in [-0.05, 0) is 12.8 Å². The predicted molar refractivity (Wildman–Crippen MR) is 45.9 cm³/mol. The highest BCUT2D eigenvalue weighted by molar-refractivity contribution is 5.72. The van der Waals surface area contributed by atoms with Gasteiger partial charge in [-0.15, -0.1) is 0 Å². The summed E-state index contributed by atoms with van der Waals surface area (Å²) in [7, 11) is 0. The van der Waals surface area contributed by atoms with Gasteiger partial charge in [-0.25, -0.2) is 5.43 Å². The first-order valence-electron chi connectivity index (χ1n) is 4.22. The van der Waals surface area contributed by atoms with Crippen molar-refractivity contribution in [3.63, 3.8) is 0 Å². The number of rotatable bonds is 5. The molecule has 1 atom stereocenters. The Morgan fingerprint density at radius 3 is 2.45 bits per heavy atom. The molecule has 0 radical (unpaired) electrons. The lowest BCUT2D eigenvalue weighted by molar-refractivity contribution is -0.120. The summed E-state index contributed by atoms with van der Waals surface area (Å²) in [6, 6.07) is 0.420. The Kier molecular flexibility index (Phi) is 5.84. The lowest BCUT2D eigenvalue weighted by atomic mass is 10.1. The maximum Gasteiger partial charge on any atom is 0.230 e. The highest BCUT2D eigenvalue weighted by Crippen LogP contribution is 1.98. The third-order valence-corrected chi connectivity index (χ3v) is 1.58. The van der Waals surface area contributed by atoms with Crippen molar-refractivity contribution in [2.24, 2.45) is 0 Å². The number of hydrogen-bond donors (Lipinski definition) is 2. The first-order chi connectivity index (χ1) is 5.20. The molecule has 0 spiro atoms. The molecule has 66 valence electrons. The van der Waals surface area contributed by atoms with Gasteiger partial charge in [0.1, 0.15) is 0 Å². The van der Waals surface area contributed by atoms with E-state index in [9.17, 15) is 4.79 Å². The zero-order chi connectivity index (χ0) is 8.69. The van der Waals surface area contributed by atoms with Gasteiger partial charge in [-0.1, -0.05) is 20.3 Å². The summed E-state index contributed by atoms with van der Waals surface area (Å²) in [5.74, 6) is -0.0282. The molecular weight excluding hydrogens is 140 g/mol. The van der Waals surface area contributed by atoms with E-state index in [1.165, 1.54) is 6.92 Å². The molecule has 0 heterocycles. The second kappa shape index (κ2) is 6.16. The van der Waals surface area contributed by atoms with E-state index >= 15 is 0 Å². The van der Waals surface area contributed by atoms with Crippen LogP contribution >= 0.6 is 0 Å². The van der Waals surface area contributed by atoms with Gasteiger partial charge in [0.15, 0.2) is 0 Å². The molecule has 2 N–H and O–H groups in total. The van der Waals surface area contributed by atoms with E-state index in [0.29, 0.717) is 6.04 Å². The quantitative estimate of drug-likeness (QED) is 0.590. The van der Waals surface area contributed by atoms with Crippen molar-refractivity contribution in [3.8, 4) is 0 Å². The molecule has 0 aromatic carbocycles. The Balaban J connectivity index is 3.43. The zero-order valence-electron chi connectivity index (χ0n) is 7.61. The summed E-state index contributed by atoms with van der Waals surface area (Å²) in [6.45, 7) is 5.75. The van der Waals surface area contributed by atoms with Gasteiger partial charge in [0.25, 0.3) is 0 Å². The molecule has 0 aromatic heterocycles. The fourth-order valence-electron chi connectivity index (χ4n) is 0.931. The molecule has 0 aliphatic carbocycles. The van der Waals surface area contributed by atoms with Gasteiger partial charge in [0.2, 0.25) is 5.91 Å². The Morgan fingerprint density at radius 2 is 2.09 bits per heavy atom. The molecule has 3 nitrogen and oxygen atoms in total. The average molecular weight is 158 g/mol. The van der Waals surface area contributed by atoms with Gasteiger partial charge in [-0.3, -0.25) is 10.2 Å². The van der Waals surface area contributed by atoms with Crippen molar-refractivity contribution in [1.82, 2.24) is 10.9 Å². The van der Waals surface area contributed by atoms with E-state index < -0.39 is 0 Å². The van der Waals surface area contributed by atoms with E-state index in [-0.39, 0.29) is 5.91 Å². The minimum atomic E-state index is -0.0282. The SMILES string of the molecule is CCCC(CC)NNC(C)=O. The fourth-order valence-corrected chi connectivity index (χ4v) is 0.931. The van der Waals surface area contributed by atoms with Crippen LogP contribution in [0.2, 0.25) is 0 Å². The van der Waals surface area contributed by atoms with Crippen LogP contribution < -0.4 is 10.9 Å². The third kappa shape index (κ3) is 5.85. The normalized spacial score (nSPS) is 12.6. The largest absolute Gasteiger partial charge is 0.292 e. The Hall–Kier alpha value is -0.570. The lowest BCUT2D eigenvalue weighted by Crippen LogP contribution is -2.42. The number of carbonyl (C=O) groups excluding carboxylic acids is 1. The summed E-state index contributed by atoms with van der Waals surface area (Å²) in [4.78, 5) is 10.5. The van der Waals surface area contributed by atoms with Gasteiger partial charge in [-0.2, -0.15) is 0 Å². The second-order valence-electron chi connectivity index (χ2n) is 2.72. The predicted octanol–water partition coefficient (Wildman–Crippen LogP) is 1.21. The highest BCUT2D eigenvalue weighted by atomic mass is 16.2. The first kappa shape index (κ1) is 10.4. The van der Waals surface area contributed by atoms with Crippen LogP contribution in [-0.4, -0.2) is 11.9 Å². The molecule has 1 amide bonds. The topological polar surface area (TPSA) is 41.1 Å². The molecule has 0 rings (SSSR count). The summed E-state index contributed by atoms with van der Waals surface area (Å²) in [6.07, 6.45) is 3.30. The number of hydrazine groups is 1. The first-order valence-corrected chi connectivity index (χ1v) is 4.22. The van der Waals surface area contributed by atoms with Crippen LogP contribution in [0, 0.1) is 0 Å². The molecule has 0 saturated heterocycles. The van der Waals surface area contributed by atoms with Crippen LogP contribution in [0.1, 0.15) is 40.0 Å². The van der Waals surface area contributed by atoms with Gasteiger partial charge >= 0.3 is 0 Å². The van der Waals surface area contributed by atoms with Crippen LogP contribution in [0.15, 0.2) is 0 Å². The molecule has 11 heavy (non-hydrogen) atoms. The van der Waals surface area contributed by atoms with Crippen LogP contribution in [0.4, 0.5) is 0 Å². The Labute approximate surface area is 68.5 Å². The van der Waals surface area contributed by atoms with E-state index in [1.54, 1.807) is 0 Å². The van der Waals surface area contributed by atoms with E-state index in [2.05, 4.69) is 24.7 Å². The minimum absolute atomic E-state index is 0.0282. The van der Waals surface area contributed by atoms with Crippen molar-refractivity contribution >= 4 is 5.91 Å². The molecule has 0 aromatic rings. The molecular formula is C8H18N2O. The van der Waals surface area contributed by atoms with Crippen LogP contribution in [0.5, 0.6) is 0 Å². The maximum absolute atomic E-state index is 10.5. The monoisotopic (exact) mass is 158 g/mol. The van der Waals surface area contributed by atoms with Crippen LogP contribution in [0.3, 0.4) is 0 Å². The summed E-state index contributed by atoms with van der Waals surface area (Å²) in [5.41, 5.74) is 5.56. The summed E-state index contributed by atoms with van der Waals surface area (Å²) >= 11 is 0. The maximum atomic E-state index is 10.5. The lowest BCUT2D eigenvalue weighted by Gasteiger charge is -2.15. The van der Waals surface area contributed by atoms with Crippen molar-refractivity contribution < 1.29 is 4.79 Å². The van der Waals surface area contributed by atoms with Crippen LogP contribution in [0.25, 0.3) is 0 Å². The molecule has 0 bridgehead atoms. The standard InChI is InChI=1S/C8H18N2O/c1-4-6-8(5-2)10-9-7(3)11/h8,10H,4-6H2,1-3H3,(H,9,11). The summed E-state index contributed by atoms with van der Waals surface area (Å²) < 4.78 is 0. The number of nitrogens with one attached hydrogen (secondary N) is 2. The van der Waals surface area contributed by atoms with Crippen molar-refractivity contribution in [1.29, 1.82) is 0 Å². The van der Waals surface area contributed by atoms with Crippen molar-refractivity contribution in [2.75, 3.05) is 0 Å². The van der Waals surface area contributed by atoms with E-state index in [4.69, 9.17) is 0 Å². The van der Waals surface area contributed by atoms with Crippen molar-refractivity contribution in [2.45, 2.75) is 46.1 Å². The van der Waals surface area contributed by atoms with Crippen molar-refractivity contribution in [3.05, 3.63) is 0 Å². The average Bonchev–Trinajstić information content (AvgIpc) is 1.97. The van der Waals surface area contributed by atoms with E-state index in [1.807, 2.05) is 0 Å². The van der Waals surface area contributed by atoms with Gasteiger partial charge in [0.05, 0.1) is 0 Å². The fraction of sp³-hybridized carbons (Fsp3) is 0.875. The third-order valence-electron chi connectivity index (χ3n) is 1.58. The van der Waals surface area contributed by atoms with Gasteiger partial charge < -0.3 is 0 Å². The Bertz CT molecular complexity index is 115. The van der Waals surface area contributed by atoms with E-state index in [0.717, 1.165) is 19.3 Å². The number of amides is 1. The minimum Gasteiger partial charge on any atom is -0.292 e. The molecule has 1 unspecified atom stereocenters. The second-order valence-corrected chi connectivity index (χ2v) is 2.72. The molecule has 0 aliphatic heterocycles. The number of carbonyl (C=O) groups is 1. The molecule has 0 fully saturated rings. The Morgan fingerprint density at radius 1 is 1.45 bits per heavy atom. The highest BCUT2D eigenvalue weighted by Gasteiger charge is 2.02. The summed E-state index contributed by atoms with van der Waals surface area (Å²) in [5, 5.41) is 0. The number of hydrogen-bond acceptors (Lipinski definition) is 2. The zero-order valence-corrected chi connectivity index (χ0v) is 7.61. The van der Waals surface area contributed by atoms with Gasteiger partial charge in [0, 0.05) is 13.0 Å². The smallest absolute Gasteiger partial charge is 0.230 e.